The van der Waals surface area contributed by atoms with Crippen LogP contribution in [0.4, 0.5) is 14.5 Å². The van der Waals surface area contributed by atoms with Gasteiger partial charge in [0.05, 0.1) is 17.0 Å². The maximum absolute atomic E-state index is 12.8. The van der Waals surface area contributed by atoms with Crippen LogP contribution in [0.1, 0.15) is 30.9 Å². The fraction of sp³-hybridized carbons (Fsp3) is 0.316. The third kappa shape index (κ3) is 5.11. The molecule has 2 aromatic carbocycles. The summed E-state index contributed by atoms with van der Waals surface area (Å²) in [4.78, 5) is 11.6. The molecule has 26 heavy (non-hydrogen) atoms. The molecule has 4 nitrogen and oxygen atoms in total. The van der Waals surface area contributed by atoms with Crippen LogP contribution >= 0.6 is 0 Å². The van der Waals surface area contributed by atoms with E-state index < -0.39 is 26.4 Å². The topological polar surface area (TPSA) is 63.2 Å². The van der Waals surface area contributed by atoms with Gasteiger partial charge in [0.2, 0.25) is 15.7 Å². The third-order valence-electron chi connectivity index (χ3n) is 3.91. The molecule has 0 bridgehead atoms. The molecule has 0 fully saturated rings. The number of aryl methyl sites for hydroxylation is 1. The number of benzene rings is 2. The Balaban J connectivity index is 2.09. The maximum atomic E-state index is 12.8. The molecule has 0 aliphatic heterocycles. The van der Waals surface area contributed by atoms with Crippen molar-refractivity contribution >= 4 is 21.4 Å². The number of para-hydroxylation sites is 1. The highest BCUT2D eigenvalue weighted by molar-refractivity contribution is 7.91. The summed E-state index contributed by atoms with van der Waals surface area (Å²) in [6.45, 7) is 2.12. The van der Waals surface area contributed by atoms with Gasteiger partial charge in [0.25, 0.3) is 0 Å². The van der Waals surface area contributed by atoms with Crippen molar-refractivity contribution in [1.82, 2.24) is 0 Å². The Morgan fingerprint density at radius 1 is 1.04 bits per heavy atom. The quantitative estimate of drug-likeness (QED) is 0.745. The maximum Gasteiger partial charge on any atom is 0.341 e. The molecular weight excluding hydrogens is 360 g/mol. The minimum atomic E-state index is -4.79. The highest BCUT2D eigenvalue weighted by Gasteiger charge is 2.29. The summed E-state index contributed by atoms with van der Waals surface area (Å²) in [6, 6.07) is 12.7. The van der Waals surface area contributed by atoms with E-state index in [1.165, 1.54) is 23.8 Å². The van der Waals surface area contributed by atoms with E-state index in [4.69, 9.17) is 0 Å². The number of nitrogens with one attached hydrogen (secondary N) is 1. The molecule has 2 aromatic rings. The number of rotatable bonds is 8. The van der Waals surface area contributed by atoms with Gasteiger partial charge in [-0.1, -0.05) is 49.7 Å². The number of sulfone groups is 1. The number of amides is 1. The molecule has 0 saturated carbocycles. The normalized spacial score (nSPS) is 11.5. The van der Waals surface area contributed by atoms with Gasteiger partial charge in [0.15, 0.2) is 0 Å². The second-order valence-electron chi connectivity index (χ2n) is 5.95. The van der Waals surface area contributed by atoms with Crippen molar-refractivity contribution in [3.05, 3.63) is 59.7 Å². The van der Waals surface area contributed by atoms with Crippen molar-refractivity contribution in [2.75, 3.05) is 5.32 Å². The fourth-order valence-electron chi connectivity index (χ4n) is 2.50. The smallest absolute Gasteiger partial charge is 0.325 e. The number of halogens is 2. The van der Waals surface area contributed by atoms with Crippen molar-refractivity contribution in [2.45, 2.75) is 43.3 Å². The molecule has 7 heteroatoms. The Hall–Kier alpha value is -2.28. The van der Waals surface area contributed by atoms with Crippen LogP contribution in [0, 0.1) is 0 Å². The molecule has 0 unspecified atom stereocenters. The monoisotopic (exact) mass is 381 g/mol. The molecule has 0 aliphatic carbocycles. The zero-order valence-corrected chi connectivity index (χ0v) is 15.2. The lowest BCUT2D eigenvalue weighted by atomic mass is 10.0. The first kappa shape index (κ1) is 20.0. The Morgan fingerprint density at radius 3 is 2.27 bits per heavy atom. The zero-order chi connectivity index (χ0) is 19.2. The van der Waals surface area contributed by atoms with Crippen LogP contribution in [0.3, 0.4) is 0 Å². The Morgan fingerprint density at radius 2 is 1.65 bits per heavy atom. The third-order valence-corrected chi connectivity index (χ3v) is 5.35. The lowest BCUT2D eigenvalue weighted by Crippen LogP contribution is -2.19. The van der Waals surface area contributed by atoms with Gasteiger partial charge in [0, 0.05) is 0 Å². The summed E-state index contributed by atoms with van der Waals surface area (Å²) in [6.07, 6.45) is 3.19. The number of anilines is 1. The van der Waals surface area contributed by atoms with Crippen LogP contribution in [0.2, 0.25) is 0 Å². The lowest BCUT2D eigenvalue weighted by Gasteiger charge is -2.11. The van der Waals surface area contributed by atoms with Gasteiger partial charge < -0.3 is 5.32 Å². The first-order chi connectivity index (χ1) is 12.3. The van der Waals surface area contributed by atoms with Crippen LogP contribution in [-0.4, -0.2) is 20.1 Å². The number of alkyl halides is 2. The molecule has 0 aliphatic rings. The van der Waals surface area contributed by atoms with E-state index in [9.17, 15) is 22.0 Å². The molecule has 1 amide bonds. The SMILES string of the molecule is CCCCc1ccc(CC(=O)Nc2ccccc2S(=O)(=O)C(F)F)cc1. The molecule has 0 atom stereocenters. The van der Waals surface area contributed by atoms with E-state index in [0.29, 0.717) is 0 Å². The molecular formula is C19H21F2NO3S. The van der Waals surface area contributed by atoms with Crippen LogP contribution in [0.15, 0.2) is 53.4 Å². The molecule has 0 spiro atoms. The fourth-order valence-corrected chi connectivity index (χ4v) is 3.38. The highest BCUT2D eigenvalue weighted by Crippen LogP contribution is 2.26. The predicted molar refractivity (Wildman–Crippen MR) is 97.0 cm³/mol. The summed E-state index contributed by atoms with van der Waals surface area (Å²) in [7, 11) is -4.79. The van der Waals surface area contributed by atoms with Gasteiger partial charge in [-0.3, -0.25) is 4.79 Å². The Kier molecular flexibility index (Phi) is 6.85. The minimum absolute atomic E-state index is 0.0249. The van der Waals surface area contributed by atoms with Crippen LogP contribution < -0.4 is 5.32 Å². The summed E-state index contributed by atoms with van der Waals surface area (Å²) in [5.74, 6) is -4.01. The Labute approximate surface area is 152 Å². The number of unbranched alkanes of at least 4 members (excludes halogenated alkanes) is 1. The lowest BCUT2D eigenvalue weighted by molar-refractivity contribution is -0.115. The molecule has 140 valence electrons. The number of hydrogen-bond donors (Lipinski definition) is 1. The molecule has 1 N–H and O–H groups in total. The van der Waals surface area contributed by atoms with E-state index in [1.807, 2.05) is 24.3 Å². The molecule has 0 aromatic heterocycles. The number of hydrogen-bond acceptors (Lipinski definition) is 3. The predicted octanol–water partition coefficient (Wildman–Crippen LogP) is 4.21. The van der Waals surface area contributed by atoms with Crippen molar-refractivity contribution in [2.24, 2.45) is 0 Å². The largest absolute Gasteiger partial charge is 0.341 e. The van der Waals surface area contributed by atoms with Gasteiger partial charge in [-0.25, -0.2) is 8.42 Å². The first-order valence-corrected chi connectivity index (χ1v) is 9.88. The van der Waals surface area contributed by atoms with Crippen molar-refractivity contribution in [1.29, 1.82) is 0 Å². The summed E-state index contributed by atoms with van der Waals surface area (Å²) < 4.78 is 49.0. The van der Waals surface area contributed by atoms with E-state index in [0.717, 1.165) is 30.9 Å². The van der Waals surface area contributed by atoms with E-state index >= 15 is 0 Å². The minimum Gasteiger partial charge on any atom is -0.325 e. The van der Waals surface area contributed by atoms with Crippen LogP contribution in [0.25, 0.3) is 0 Å². The van der Waals surface area contributed by atoms with Crippen LogP contribution in [-0.2, 0) is 27.5 Å². The van der Waals surface area contributed by atoms with E-state index in [1.54, 1.807) is 0 Å². The van der Waals surface area contributed by atoms with Crippen LogP contribution in [0.5, 0.6) is 0 Å². The van der Waals surface area contributed by atoms with Gasteiger partial charge in [0.1, 0.15) is 0 Å². The average Bonchev–Trinajstić information content (AvgIpc) is 2.61. The number of carbonyl (C=O) groups is 1. The van der Waals surface area contributed by atoms with Gasteiger partial charge >= 0.3 is 5.76 Å². The van der Waals surface area contributed by atoms with Gasteiger partial charge in [-0.05, 0) is 36.1 Å². The van der Waals surface area contributed by atoms with E-state index in [2.05, 4.69) is 12.2 Å². The molecule has 0 saturated heterocycles. The second-order valence-corrected chi connectivity index (χ2v) is 7.83. The second kappa shape index (κ2) is 8.89. The van der Waals surface area contributed by atoms with Crippen molar-refractivity contribution in [3.63, 3.8) is 0 Å². The molecule has 0 heterocycles. The molecule has 2 rings (SSSR count). The van der Waals surface area contributed by atoms with Gasteiger partial charge in [-0.2, -0.15) is 8.78 Å². The first-order valence-electron chi connectivity index (χ1n) is 8.33. The zero-order valence-electron chi connectivity index (χ0n) is 14.4. The summed E-state index contributed by atoms with van der Waals surface area (Å²) in [5, 5.41) is 2.42. The standard InChI is InChI=1S/C19H21F2NO3S/c1-2-3-6-14-9-11-15(12-10-14)13-18(23)22-16-7-4-5-8-17(16)26(24,25)19(20)21/h4-5,7-12,19H,2-3,6,13H2,1H3,(H,22,23). The highest BCUT2D eigenvalue weighted by atomic mass is 32.2. The summed E-state index contributed by atoms with van der Waals surface area (Å²) >= 11 is 0. The van der Waals surface area contributed by atoms with Crippen molar-refractivity contribution in [3.8, 4) is 0 Å². The molecule has 0 radical (unpaired) electrons. The van der Waals surface area contributed by atoms with E-state index in [-0.39, 0.29) is 12.1 Å². The van der Waals surface area contributed by atoms with Gasteiger partial charge in [-0.15, -0.1) is 0 Å². The van der Waals surface area contributed by atoms with Crippen molar-refractivity contribution < 1.29 is 22.0 Å². The number of carbonyl (C=O) groups excluding carboxylic acids is 1. The average molecular weight is 381 g/mol. The Bertz CT molecular complexity index is 849. The summed E-state index contributed by atoms with van der Waals surface area (Å²) in [5.41, 5.74) is 1.80.